The molecule has 1 N–H and O–H groups in total. The smallest absolute Gasteiger partial charge is 0.229 e. The number of carbonyl (C=O) groups is 1. The van der Waals surface area contributed by atoms with Gasteiger partial charge in [-0.05, 0) is 17.7 Å². The van der Waals surface area contributed by atoms with Crippen molar-refractivity contribution in [3.63, 3.8) is 0 Å². The van der Waals surface area contributed by atoms with Crippen LogP contribution in [0.4, 0.5) is 5.82 Å². The van der Waals surface area contributed by atoms with Crippen molar-refractivity contribution in [3.8, 4) is 5.75 Å². The van der Waals surface area contributed by atoms with E-state index >= 15 is 0 Å². The maximum atomic E-state index is 11.8. The minimum atomic E-state index is -0.178. The van der Waals surface area contributed by atoms with E-state index in [4.69, 9.17) is 16.3 Å². The van der Waals surface area contributed by atoms with Gasteiger partial charge in [-0.15, -0.1) is 0 Å². The number of amides is 1. The number of methoxy groups -OCH3 is 1. The molecule has 0 aliphatic heterocycles. The first-order chi connectivity index (χ1) is 9.17. The molecule has 0 aliphatic rings. The number of anilines is 1. The van der Waals surface area contributed by atoms with Crippen LogP contribution in [-0.4, -0.2) is 23.0 Å². The van der Waals surface area contributed by atoms with E-state index in [-0.39, 0.29) is 17.5 Å². The molecule has 19 heavy (non-hydrogen) atoms. The summed E-state index contributed by atoms with van der Waals surface area (Å²) in [5, 5.41) is 2.94. The molecule has 5 nitrogen and oxygen atoms in total. The number of halogens is 1. The van der Waals surface area contributed by atoms with E-state index in [9.17, 15) is 4.79 Å². The third kappa shape index (κ3) is 3.93. The van der Waals surface area contributed by atoms with Crippen molar-refractivity contribution in [1.29, 1.82) is 0 Å². The summed E-state index contributed by atoms with van der Waals surface area (Å²) in [6.07, 6.45) is 1.53. The van der Waals surface area contributed by atoms with Crippen molar-refractivity contribution >= 4 is 23.3 Å². The highest BCUT2D eigenvalue weighted by molar-refractivity contribution is 6.29. The lowest BCUT2D eigenvalue weighted by atomic mass is 10.1. The molecule has 1 aromatic heterocycles. The maximum Gasteiger partial charge on any atom is 0.229 e. The molecule has 0 radical (unpaired) electrons. The molecule has 2 rings (SSSR count). The summed E-state index contributed by atoms with van der Waals surface area (Å²) >= 11 is 5.71. The van der Waals surface area contributed by atoms with Gasteiger partial charge in [-0.25, -0.2) is 9.97 Å². The fourth-order valence-electron chi connectivity index (χ4n) is 1.56. The molecule has 2 aromatic rings. The van der Waals surface area contributed by atoms with Crippen LogP contribution in [-0.2, 0) is 11.2 Å². The molecule has 0 spiro atoms. The van der Waals surface area contributed by atoms with Gasteiger partial charge in [0.15, 0.2) is 0 Å². The van der Waals surface area contributed by atoms with Gasteiger partial charge in [-0.2, -0.15) is 0 Å². The predicted molar refractivity (Wildman–Crippen MR) is 72.4 cm³/mol. The van der Waals surface area contributed by atoms with Crippen molar-refractivity contribution in [3.05, 3.63) is 47.4 Å². The number of nitrogens with zero attached hydrogens (tertiary/aromatic N) is 2. The van der Waals surface area contributed by atoms with Gasteiger partial charge in [0.05, 0.1) is 13.5 Å². The number of ether oxygens (including phenoxy) is 1. The second-order valence-corrected chi connectivity index (χ2v) is 4.19. The highest BCUT2D eigenvalue weighted by atomic mass is 35.5. The summed E-state index contributed by atoms with van der Waals surface area (Å²) in [7, 11) is 1.59. The van der Waals surface area contributed by atoms with E-state index in [0.29, 0.717) is 5.82 Å². The van der Waals surface area contributed by atoms with E-state index < -0.39 is 0 Å². The van der Waals surface area contributed by atoms with E-state index in [0.717, 1.165) is 11.3 Å². The highest BCUT2D eigenvalue weighted by Crippen LogP contribution is 2.14. The minimum Gasteiger partial charge on any atom is -0.497 e. The second-order valence-electron chi connectivity index (χ2n) is 3.80. The van der Waals surface area contributed by atoms with Gasteiger partial charge in [0.2, 0.25) is 5.91 Å². The monoisotopic (exact) mass is 277 g/mol. The number of aromatic nitrogens is 2. The summed E-state index contributed by atoms with van der Waals surface area (Å²) in [6.45, 7) is 0. The molecule has 0 aliphatic carbocycles. The maximum absolute atomic E-state index is 11.8. The molecule has 6 heteroatoms. The molecule has 1 amide bonds. The average molecular weight is 278 g/mol. The zero-order chi connectivity index (χ0) is 13.7. The lowest BCUT2D eigenvalue weighted by Crippen LogP contribution is -2.15. The third-order valence-corrected chi connectivity index (χ3v) is 2.61. The Morgan fingerprint density at radius 3 is 2.95 bits per heavy atom. The molecule has 1 aromatic carbocycles. The van der Waals surface area contributed by atoms with Gasteiger partial charge < -0.3 is 10.1 Å². The standard InChI is InChI=1S/C13H12ClN3O2/c1-19-10-4-2-3-9(5-10)6-13(18)17-12-7-11(14)15-8-16-12/h2-5,7-8H,6H2,1H3,(H,15,16,17,18). The van der Waals surface area contributed by atoms with Gasteiger partial charge in [0.25, 0.3) is 0 Å². The van der Waals surface area contributed by atoms with Crippen LogP contribution >= 0.6 is 11.6 Å². The largest absolute Gasteiger partial charge is 0.497 e. The quantitative estimate of drug-likeness (QED) is 0.871. The lowest BCUT2D eigenvalue weighted by Gasteiger charge is -2.06. The number of benzene rings is 1. The molecule has 0 saturated heterocycles. The molecule has 98 valence electrons. The SMILES string of the molecule is COc1cccc(CC(=O)Nc2cc(Cl)ncn2)c1. The summed E-state index contributed by atoms with van der Waals surface area (Å²) in [4.78, 5) is 19.5. The van der Waals surface area contributed by atoms with Crippen LogP contribution < -0.4 is 10.1 Å². The molecular weight excluding hydrogens is 266 g/mol. The third-order valence-electron chi connectivity index (χ3n) is 2.40. The number of hydrogen-bond acceptors (Lipinski definition) is 4. The normalized spacial score (nSPS) is 10.0. The van der Waals surface area contributed by atoms with Gasteiger partial charge in [-0.3, -0.25) is 4.79 Å². The first-order valence-corrected chi connectivity index (χ1v) is 5.95. The van der Waals surface area contributed by atoms with Crippen LogP contribution in [0.2, 0.25) is 5.15 Å². The van der Waals surface area contributed by atoms with E-state index in [2.05, 4.69) is 15.3 Å². The van der Waals surface area contributed by atoms with E-state index in [1.807, 2.05) is 24.3 Å². The highest BCUT2D eigenvalue weighted by Gasteiger charge is 2.06. The van der Waals surface area contributed by atoms with E-state index in [1.54, 1.807) is 7.11 Å². The minimum absolute atomic E-state index is 0.178. The summed E-state index contributed by atoms with van der Waals surface area (Å²) in [5.41, 5.74) is 0.858. The number of carbonyl (C=O) groups excluding carboxylic acids is 1. The molecule has 0 fully saturated rings. The Balaban J connectivity index is 2.01. The Hall–Kier alpha value is -2.14. The van der Waals surface area contributed by atoms with Crippen molar-refractivity contribution < 1.29 is 9.53 Å². The van der Waals surface area contributed by atoms with Crippen molar-refractivity contribution in [2.75, 3.05) is 12.4 Å². The lowest BCUT2D eigenvalue weighted by molar-refractivity contribution is -0.115. The predicted octanol–water partition coefficient (Wildman–Crippen LogP) is 2.32. The van der Waals surface area contributed by atoms with E-state index in [1.165, 1.54) is 12.4 Å². The Morgan fingerprint density at radius 1 is 1.37 bits per heavy atom. The van der Waals surface area contributed by atoms with Crippen LogP contribution in [0.1, 0.15) is 5.56 Å². The fraction of sp³-hybridized carbons (Fsp3) is 0.154. The van der Waals surface area contributed by atoms with Gasteiger partial charge in [0, 0.05) is 6.07 Å². The molecule has 0 atom stereocenters. The molecule has 0 bridgehead atoms. The Morgan fingerprint density at radius 2 is 2.21 bits per heavy atom. The van der Waals surface area contributed by atoms with Gasteiger partial charge >= 0.3 is 0 Å². The first-order valence-electron chi connectivity index (χ1n) is 5.57. The van der Waals surface area contributed by atoms with Crippen molar-refractivity contribution in [1.82, 2.24) is 9.97 Å². The van der Waals surface area contributed by atoms with Crippen LogP contribution in [0, 0.1) is 0 Å². The summed E-state index contributed by atoms with van der Waals surface area (Å²) < 4.78 is 5.10. The van der Waals surface area contributed by atoms with Crippen LogP contribution in [0.15, 0.2) is 36.7 Å². The van der Waals surface area contributed by atoms with Crippen molar-refractivity contribution in [2.24, 2.45) is 0 Å². The second kappa shape index (κ2) is 6.15. The fourth-order valence-corrected chi connectivity index (χ4v) is 1.70. The summed E-state index contributed by atoms with van der Waals surface area (Å²) in [5.74, 6) is 0.922. The number of rotatable bonds is 4. The Bertz CT molecular complexity index is 590. The van der Waals surface area contributed by atoms with Crippen molar-refractivity contribution in [2.45, 2.75) is 6.42 Å². The number of nitrogens with one attached hydrogen (secondary N) is 1. The first kappa shape index (κ1) is 13.3. The van der Waals surface area contributed by atoms with Crippen LogP contribution in [0.25, 0.3) is 0 Å². The van der Waals surface area contributed by atoms with Gasteiger partial charge in [0.1, 0.15) is 23.0 Å². The molecule has 0 saturated carbocycles. The Labute approximate surface area is 115 Å². The molecule has 0 unspecified atom stereocenters. The van der Waals surface area contributed by atoms with Gasteiger partial charge in [-0.1, -0.05) is 23.7 Å². The Kier molecular flexibility index (Phi) is 4.30. The molecule has 1 heterocycles. The molecular formula is C13H12ClN3O2. The van der Waals surface area contributed by atoms with Crippen LogP contribution in [0.5, 0.6) is 5.75 Å². The number of hydrogen-bond donors (Lipinski definition) is 1. The zero-order valence-corrected chi connectivity index (χ0v) is 11.0. The average Bonchev–Trinajstić information content (AvgIpc) is 2.38. The zero-order valence-electron chi connectivity index (χ0n) is 10.3. The topological polar surface area (TPSA) is 64.1 Å². The summed E-state index contributed by atoms with van der Waals surface area (Å²) in [6, 6.07) is 8.82. The van der Waals surface area contributed by atoms with Crippen LogP contribution in [0.3, 0.4) is 0 Å².